The lowest BCUT2D eigenvalue weighted by Gasteiger charge is -2.16. The molecule has 0 spiro atoms. The monoisotopic (exact) mass is 227 g/mol. The number of hydrogen-bond donors (Lipinski definition) is 1. The maximum absolute atomic E-state index is 5.50. The molecule has 0 aliphatic carbocycles. The van der Waals surface area contributed by atoms with Gasteiger partial charge in [0.25, 0.3) is 0 Å². The third-order valence-corrected chi connectivity index (χ3v) is 3.35. The van der Waals surface area contributed by atoms with Crippen molar-refractivity contribution >= 4 is 11.3 Å². The van der Waals surface area contributed by atoms with Gasteiger partial charge in [-0.15, -0.1) is 11.3 Å². The van der Waals surface area contributed by atoms with E-state index in [-0.39, 0.29) is 0 Å². The SMILES string of the molecule is CCCNC(COCC)c1ccc(C)s1. The van der Waals surface area contributed by atoms with E-state index < -0.39 is 0 Å². The van der Waals surface area contributed by atoms with E-state index >= 15 is 0 Å². The first-order chi connectivity index (χ1) is 7.27. The van der Waals surface area contributed by atoms with Crippen molar-refractivity contribution in [3.63, 3.8) is 0 Å². The van der Waals surface area contributed by atoms with Crippen LogP contribution < -0.4 is 5.32 Å². The van der Waals surface area contributed by atoms with Crippen LogP contribution >= 0.6 is 11.3 Å². The maximum Gasteiger partial charge on any atom is 0.0669 e. The van der Waals surface area contributed by atoms with Crippen LogP contribution in [0.5, 0.6) is 0 Å². The number of hydrogen-bond acceptors (Lipinski definition) is 3. The number of thiophene rings is 1. The quantitative estimate of drug-likeness (QED) is 0.772. The smallest absolute Gasteiger partial charge is 0.0669 e. The highest BCUT2D eigenvalue weighted by Gasteiger charge is 2.12. The molecule has 1 aromatic rings. The van der Waals surface area contributed by atoms with Crippen LogP contribution in [0.25, 0.3) is 0 Å². The second-order valence-electron chi connectivity index (χ2n) is 3.61. The molecule has 0 saturated carbocycles. The topological polar surface area (TPSA) is 21.3 Å². The van der Waals surface area contributed by atoms with Gasteiger partial charge in [-0.2, -0.15) is 0 Å². The lowest BCUT2D eigenvalue weighted by Crippen LogP contribution is -2.25. The van der Waals surface area contributed by atoms with Crippen molar-refractivity contribution in [2.24, 2.45) is 0 Å². The van der Waals surface area contributed by atoms with E-state index in [9.17, 15) is 0 Å². The Morgan fingerprint density at radius 3 is 2.73 bits per heavy atom. The summed E-state index contributed by atoms with van der Waals surface area (Å²) in [6.07, 6.45) is 1.16. The van der Waals surface area contributed by atoms with Gasteiger partial charge in [-0.3, -0.25) is 0 Å². The molecule has 0 fully saturated rings. The van der Waals surface area contributed by atoms with Gasteiger partial charge < -0.3 is 10.1 Å². The largest absolute Gasteiger partial charge is 0.380 e. The van der Waals surface area contributed by atoms with Gasteiger partial charge in [-0.1, -0.05) is 6.92 Å². The van der Waals surface area contributed by atoms with Gasteiger partial charge in [0.2, 0.25) is 0 Å². The Morgan fingerprint density at radius 1 is 1.40 bits per heavy atom. The Bertz CT molecular complexity index is 264. The highest BCUT2D eigenvalue weighted by Crippen LogP contribution is 2.22. The van der Waals surface area contributed by atoms with Crippen LogP contribution in [0, 0.1) is 6.92 Å². The second kappa shape index (κ2) is 6.99. The average molecular weight is 227 g/mol. The summed E-state index contributed by atoms with van der Waals surface area (Å²) in [4.78, 5) is 2.75. The number of aryl methyl sites for hydroxylation is 1. The van der Waals surface area contributed by atoms with E-state index in [1.54, 1.807) is 0 Å². The molecule has 1 unspecified atom stereocenters. The van der Waals surface area contributed by atoms with Crippen molar-refractivity contribution in [2.75, 3.05) is 19.8 Å². The third-order valence-electron chi connectivity index (χ3n) is 2.23. The molecule has 0 bridgehead atoms. The lowest BCUT2D eigenvalue weighted by molar-refractivity contribution is 0.124. The Balaban J connectivity index is 2.54. The zero-order chi connectivity index (χ0) is 11.1. The highest BCUT2D eigenvalue weighted by atomic mass is 32.1. The van der Waals surface area contributed by atoms with Gasteiger partial charge in [0.1, 0.15) is 0 Å². The molecule has 1 aromatic heterocycles. The molecule has 1 N–H and O–H groups in total. The van der Waals surface area contributed by atoms with E-state index in [4.69, 9.17) is 4.74 Å². The van der Waals surface area contributed by atoms with Gasteiger partial charge in [-0.05, 0) is 38.9 Å². The minimum atomic E-state index is 0.364. The minimum absolute atomic E-state index is 0.364. The van der Waals surface area contributed by atoms with Crippen LogP contribution in [0.1, 0.15) is 36.1 Å². The standard InChI is InChI=1S/C12H21NOS/c1-4-8-13-11(9-14-5-2)12-7-6-10(3)15-12/h6-7,11,13H,4-5,8-9H2,1-3H3. The van der Waals surface area contributed by atoms with Crippen molar-refractivity contribution < 1.29 is 4.74 Å². The molecule has 1 atom stereocenters. The van der Waals surface area contributed by atoms with Crippen LogP contribution in [-0.4, -0.2) is 19.8 Å². The van der Waals surface area contributed by atoms with Crippen molar-refractivity contribution in [2.45, 2.75) is 33.2 Å². The summed E-state index contributed by atoms with van der Waals surface area (Å²) in [6.45, 7) is 8.98. The first-order valence-corrected chi connectivity index (χ1v) is 6.47. The summed E-state index contributed by atoms with van der Waals surface area (Å²) in [5.41, 5.74) is 0. The van der Waals surface area contributed by atoms with Crippen molar-refractivity contribution in [3.8, 4) is 0 Å². The molecule has 0 aliphatic rings. The van der Waals surface area contributed by atoms with Crippen LogP contribution in [0.3, 0.4) is 0 Å². The Labute approximate surface area is 96.7 Å². The Morgan fingerprint density at radius 2 is 2.20 bits per heavy atom. The molecule has 0 radical (unpaired) electrons. The van der Waals surface area contributed by atoms with E-state index in [0.717, 1.165) is 26.2 Å². The normalized spacial score (nSPS) is 13.0. The average Bonchev–Trinajstić information content (AvgIpc) is 2.65. The van der Waals surface area contributed by atoms with E-state index in [0.29, 0.717) is 6.04 Å². The molecule has 15 heavy (non-hydrogen) atoms. The van der Waals surface area contributed by atoms with Gasteiger partial charge >= 0.3 is 0 Å². The molecule has 0 amide bonds. The fourth-order valence-corrected chi connectivity index (χ4v) is 2.37. The van der Waals surface area contributed by atoms with Crippen LogP contribution in [-0.2, 0) is 4.74 Å². The molecular formula is C12H21NOS. The molecule has 2 nitrogen and oxygen atoms in total. The number of ether oxygens (including phenoxy) is 1. The summed E-state index contributed by atoms with van der Waals surface area (Å²) in [5.74, 6) is 0. The second-order valence-corrected chi connectivity index (χ2v) is 4.93. The molecule has 0 saturated heterocycles. The van der Waals surface area contributed by atoms with Crippen LogP contribution in [0.4, 0.5) is 0 Å². The summed E-state index contributed by atoms with van der Waals surface area (Å²) in [7, 11) is 0. The number of rotatable bonds is 7. The third kappa shape index (κ3) is 4.33. The molecule has 1 heterocycles. The van der Waals surface area contributed by atoms with E-state index in [1.165, 1.54) is 9.75 Å². The summed E-state index contributed by atoms with van der Waals surface area (Å²) >= 11 is 1.85. The first-order valence-electron chi connectivity index (χ1n) is 5.65. The molecule has 3 heteroatoms. The van der Waals surface area contributed by atoms with Crippen molar-refractivity contribution in [1.29, 1.82) is 0 Å². The van der Waals surface area contributed by atoms with Crippen LogP contribution in [0.2, 0.25) is 0 Å². The molecular weight excluding hydrogens is 206 g/mol. The molecule has 0 aliphatic heterocycles. The van der Waals surface area contributed by atoms with Crippen LogP contribution in [0.15, 0.2) is 12.1 Å². The van der Waals surface area contributed by atoms with Crippen molar-refractivity contribution in [1.82, 2.24) is 5.32 Å². The van der Waals surface area contributed by atoms with Gasteiger partial charge in [0.15, 0.2) is 0 Å². The van der Waals surface area contributed by atoms with Gasteiger partial charge in [0.05, 0.1) is 12.6 Å². The minimum Gasteiger partial charge on any atom is -0.380 e. The fraction of sp³-hybridized carbons (Fsp3) is 0.667. The lowest BCUT2D eigenvalue weighted by atomic mass is 10.2. The predicted molar refractivity (Wildman–Crippen MR) is 66.6 cm³/mol. The molecule has 1 rings (SSSR count). The summed E-state index contributed by atoms with van der Waals surface area (Å²) in [6, 6.07) is 4.74. The first kappa shape index (κ1) is 12.7. The highest BCUT2D eigenvalue weighted by molar-refractivity contribution is 7.12. The zero-order valence-electron chi connectivity index (χ0n) is 9.88. The molecule has 0 aromatic carbocycles. The maximum atomic E-state index is 5.50. The Hall–Kier alpha value is -0.380. The van der Waals surface area contributed by atoms with Crippen molar-refractivity contribution in [3.05, 3.63) is 21.9 Å². The van der Waals surface area contributed by atoms with Gasteiger partial charge in [0, 0.05) is 16.4 Å². The summed E-state index contributed by atoms with van der Waals surface area (Å²) < 4.78 is 5.50. The fourth-order valence-electron chi connectivity index (χ4n) is 1.44. The number of nitrogens with one attached hydrogen (secondary N) is 1. The van der Waals surface area contributed by atoms with E-state index in [1.807, 2.05) is 18.3 Å². The predicted octanol–water partition coefficient (Wildman–Crippen LogP) is 3.13. The van der Waals surface area contributed by atoms with E-state index in [2.05, 4.69) is 31.3 Å². The molecule has 86 valence electrons. The zero-order valence-corrected chi connectivity index (χ0v) is 10.7. The summed E-state index contributed by atoms with van der Waals surface area (Å²) in [5, 5.41) is 3.52. The van der Waals surface area contributed by atoms with Gasteiger partial charge in [-0.25, -0.2) is 0 Å². The Kier molecular flexibility index (Phi) is 5.91.